The molecule has 0 atom stereocenters. The molecule has 3 heteroatoms. The van der Waals surface area contributed by atoms with Crippen molar-refractivity contribution in [1.82, 2.24) is 0 Å². The van der Waals surface area contributed by atoms with Crippen LogP contribution in [-0.4, -0.2) is 26.1 Å². The molecule has 0 saturated carbocycles. The maximum absolute atomic E-state index is 5.50. The van der Waals surface area contributed by atoms with E-state index in [1.54, 1.807) is 13.2 Å². The second-order valence-corrected chi connectivity index (χ2v) is 4.02. The highest BCUT2D eigenvalue weighted by molar-refractivity contribution is 5.19. The predicted molar refractivity (Wildman–Crippen MR) is 67.5 cm³/mol. The van der Waals surface area contributed by atoms with Crippen LogP contribution in [0, 0.1) is 0 Å². The molecule has 1 saturated heterocycles. The second-order valence-electron chi connectivity index (χ2n) is 4.02. The highest BCUT2D eigenvalue weighted by Gasteiger charge is 2.30. The molecule has 0 unspecified atom stereocenters. The molecule has 0 spiro atoms. The van der Waals surface area contributed by atoms with E-state index in [-0.39, 0.29) is 0 Å². The number of methoxy groups -OCH3 is 1. The zero-order chi connectivity index (χ0) is 12.7. The number of ether oxygens (including phenoxy) is 3. The van der Waals surface area contributed by atoms with E-state index in [2.05, 4.69) is 12.3 Å². The van der Waals surface area contributed by atoms with Crippen molar-refractivity contribution in [3.8, 4) is 0 Å². The van der Waals surface area contributed by atoms with E-state index in [0.717, 1.165) is 11.3 Å². The Labute approximate surface area is 103 Å². The van der Waals surface area contributed by atoms with Crippen molar-refractivity contribution >= 4 is 0 Å². The van der Waals surface area contributed by atoms with Crippen molar-refractivity contribution in [3.05, 3.63) is 41.9 Å². The Kier molecular flexibility index (Phi) is 5.23. The summed E-state index contributed by atoms with van der Waals surface area (Å²) < 4.78 is 16.1. The normalized spacial score (nSPS) is 18.4. The summed E-state index contributed by atoms with van der Waals surface area (Å²) in [5, 5.41) is 0. The SMILES string of the molecule is C=C(C=C=C/C(=C\C)OC)CC1(C)OCCO1. The summed E-state index contributed by atoms with van der Waals surface area (Å²) in [6.45, 7) is 9.09. The van der Waals surface area contributed by atoms with Crippen molar-refractivity contribution in [1.29, 1.82) is 0 Å². The van der Waals surface area contributed by atoms with Gasteiger partial charge in [0.1, 0.15) is 5.76 Å². The summed E-state index contributed by atoms with van der Waals surface area (Å²) in [6, 6.07) is 0. The smallest absolute Gasteiger partial charge is 0.169 e. The first-order chi connectivity index (χ1) is 8.09. The zero-order valence-electron chi connectivity index (χ0n) is 10.8. The van der Waals surface area contributed by atoms with Gasteiger partial charge in [-0.25, -0.2) is 0 Å². The van der Waals surface area contributed by atoms with Crippen LogP contribution in [-0.2, 0) is 14.2 Å². The molecule has 0 amide bonds. The molecule has 3 nitrogen and oxygen atoms in total. The quantitative estimate of drug-likeness (QED) is 0.417. The number of rotatable bonds is 5. The van der Waals surface area contributed by atoms with Crippen LogP contribution in [0.1, 0.15) is 20.3 Å². The molecule has 0 aliphatic carbocycles. The van der Waals surface area contributed by atoms with Gasteiger partial charge in [-0.05, 0) is 31.6 Å². The molecule has 0 aromatic carbocycles. The third kappa shape index (κ3) is 4.61. The fourth-order valence-electron chi connectivity index (χ4n) is 1.62. The van der Waals surface area contributed by atoms with E-state index >= 15 is 0 Å². The average Bonchev–Trinajstić information content (AvgIpc) is 2.71. The number of hydrogen-bond donors (Lipinski definition) is 0. The molecule has 0 aromatic heterocycles. The summed E-state index contributed by atoms with van der Waals surface area (Å²) in [6.07, 6.45) is 6.10. The Morgan fingerprint density at radius 1 is 1.41 bits per heavy atom. The van der Waals surface area contributed by atoms with Crippen LogP contribution in [0.5, 0.6) is 0 Å². The van der Waals surface area contributed by atoms with Crippen LogP contribution in [0.4, 0.5) is 0 Å². The molecule has 0 bridgehead atoms. The first-order valence-corrected chi connectivity index (χ1v) is 5.68. The Hall–Kier alpha value is -1.28. The minimum Gasteiger partial charge on any atom is -0.496 e. The molecule has 17 heavy (non-hydrogen) atoms. The largest absolute Gasteiger partial charge is 0.496 e. The summed E-state index contributed by atoms with van der Waals surface area (Å²) in [5.74, 6) is 0.244. The summed E-state index contributed by atoms with van der Waals surface area (Å²) in [5.41, 5.74) is 3.94. The van der Waals surface area contributed by atoms with E-state index in [0.29, 0.717) is 19.6 Å². The van der Waals surface area contributed by atoms with Crippen molar-refractivity contribution in [2.45, 2.75) is 26.1 Å². The molecule has 0 N–H and O–H groups in total. The zero-order valence-corrected chi connectivity index (χ0v) is 10.8. The molecule has 1 fully saturated rings. The highest BCUT2D eigenvalue weighted by Crippen LogP contribution is 2.25. The lowest BCUT2D eigenvalue weighted by Crippen LogP contribution is -2.25. The Balaban J connectivity index is 2.52. The van der Waals surface area contributed by atoms with Gasteiger partial charge in [0.15, 0.2) is 5.79 Å². The van der Waals surface area contributed by atoms with Gasteiger partial charge in [0.05, 0.1) is 20.3 Å². The van der Waals surface area contributed by atoms with Crippen LogP contribution in [0.3, 0.4) is 0 Å². The Bertz CT molecular complexity index is 354. The van der Waals surface area contributed by atoms with E-state index in [1.165, 1.54) is 0 Å². The number of allylic oxidation sites excluding steroid dienone is 2. The standard InChI is InChI=1S/C14H20O3/c1-5-13(15-4)8-6-7-12(2)11-14(3)16-9-10-17-14/h5,7-8H,2,9-11H2,1,3-4H3/b13-5+. The lowest BCUT2D eigenvalue weighted by molar-refractivity contribution is -0.139. The molecular weight excluding hydrogens is 216 g/mol. The first-order valence-electron chi connectivity index (χ1n) is 5.68. The van der Waals surface area contributed by atoms with E-state index in [4.69, 9.17) is 14.2 Å². The second kappa shape index (κ2) is 6.45. The van der Waals surface area contributed by atoms with Gasteiger partial charge in [0, 0.05) is 12.5 Å². The van der Waals surface area contributed by atoms with Crippen LogP contribution < -0.4 is 0 Å². The van der Waals surface area contributed by atoms with Gasteiger partial charge in [-0.15, -0.1) is 5.73 Å². The lowest BCUT2D eigenvalue weighted by Gasteiger charge is -2.21. The minimum atomic E-state index is -0.528. The number of hydrogen-bond acceptors (Lipinski definition) is 3. The van der Waals surface area contributed by atoms with Crippen molar-refractivity contribution in [2.75, 3.05) is 20.3 Å². The van der Waals surface area contributed by atoms with Crippen molar-refractivity contribution < 1.29 is 14.2 Å². The molecular formula is C14H20O3. The van der Waals surface area contributed by atoms with Crippen LogP contribution >= 0.6 is 0 Å². The summed E-state index contributed by atoms with van der Waals surface area (Å²) in [4.78, 5) is 0. The molecule has 1 aliphatic heterocycles. The summed E-state index contributed by atoms with van der Waals surface area (Å²) >= 11 is 0. The molecule has 94 valence electrons. The Morgan fingerprint density at radius 2 is 2.06 bits per heavy atom. The van der Waals surface area contributed by atoms with Crippen LogP contribution in [0.25, 0.3) is 0 Å². The van der Waals surface area contributed by atoms with Gasteiger partial charge in [-0.3, -0.25) is 0 Å². The van der Waals surface area contributed by atoms with Gasteiger partial charge >= 0.3 is 0 Å². The maximum Gasteiger partial charge on any atom is 0.169 e. The van der Waals surface area contributed by atoms with Crippen molar-refractivity contribution in [2.24, 2.45) is 0 Å². The summed E-state index contributed by atoms with van der Waals surface area (Å²) in [7, 11) is 1.63. The Morgan fingerprint density at radius 3 is 2.59 bits per heavy atom. The molecule has 1 heterocycles. The van der Waals surface area contributed by atoms with Gasteiger partial charge in [0.2, 0.25) is 0 Å². The molecule has 1 aliphatic rings. The van der Waals surface area contributed by atoms with Gasteiger partial charge in [-0.2, -0.15) is 0 Å². The van der Waals surface area contributed by atoms with E-state index in [1.807, 2.05) is 26.0 Å². The first kappa shape index (κ1) is 13.8. The molecule has 0 aromatic rings. The fourth-order valence-corrected chi connectivity index (χ4v) is 1.62. The monoisotopic (exact) mass is 236 g/mol. The third-order valence-electron chi connectivity index (χ3n) is 2.48. The predicted octanol–water partition coefficient (Wildman–Crippen LogP) is 2.96. The minimum absolute atomic E-state index is 0.528. The average molecular weight is 236 g/mol. The van der Waals surface area contributed by atoms with Gasteiger partial charge < -0.3 is 14.2 Å². The van der Waals surface area contributed by atoms with Crippen LogP contribution in [0.2, 0.25) is 0 Å². The molecule has 1 rings (SSSR count). The van der Waals surface area contributed by atoms with Gasteiger partial charge in [0.25, 0.3) is 0 Å². The van der Waals surface area contributed by atoms with Crippen LogP contribution in [0.15, 0.2) is 41.9 Å². The van der Waals surface area contributed by atoms with E-state index < -0.39 is 5.79 Å². The van der Waals surface area contributed by atoms with E-state index in [9.17, 15) is 0 Å². The lowest BCUT2D eigenvalue weighted by atomic mass is 10.1. The van der Waals surface area contributed by atoms with Crippen molar-refractivity contribution in [3.63, 3.8) is 0 Å². The van der Waals surface area contributed by atoms with Gasteiger partial charge in [-0.1, -0.05) is 6.58 Å². The maximum atomic E-state index is 5.50. The molecule has 0 radical (unpaired) electrons. The fraction of sp³-hybridized carbons (Fsp3) is 0.500. The highest BCUT2D eigenvalue weighted by atomic mass is 16.7. The third-order valence-corrected chi connectivity index (χ3v) is 2.48. The topological polar surface area (TPSA) is 27.7 Å².